The van der Waals surface area contributed by atoms with Crippen LogP contribution in [0.3, 0.4) is 0 Å². The third kappa shape index (κ3) is 7.75. The van der Waals surface area contributed by atoms with E-state index in [1.807, 2.05) is 0 Å². The highest BCUT2D eigenvalue weighted by Gasteiger charge is 2.19. The molecule has 0 saturated carbocycles. The number of nitrogens with one attached hydrogen (secondary N) is 2. The van der Waals surface area contributed by atoms with E-state index in [9.17, 15) is 23.9 Å². The Bertz CT molecular complexity index is 1500. The number of nitrogens with zero attached hydrogens (tertiary/aromatic N) is 2. The van der Waals surface area contributed by atoms with Crippen molar-refractivity contribution in [2.75, 3.05) is 17.7 Å². The summed E-state index contributed by atoms with van der Waals surface area (Å²) in [5, 5.41) is 15.1. The number of hydrogen-bond acceptors (Lipinski definition) is 9. The van der Waals surface area contributed by atoms with E-state index in [1.54, 1.807) is 48.7 Å². The number of aliphatic carboxylic acids is 1. The highest BCUT2D eigenvalue weighted by Crippen LogP contribution is 2.37. The highest BCUT2D eigenvalue weighted by atomic mass is 32.2. The third-order valence-corrected chi connectivity index (χ3v) is 7.07. The zero-order chi connectivity index (χ0) is 27.8. The lowest BCUT2D eigenvalue weighted by Crippen LogP contribution is -2.21. The van der Waals surface area contributed by atoms with Crippen LogP contribution in [0.5, 0.6) is 17.2 Å². The van der Waals surface area contributed by atoms with Crippen LogP contribution in [0.2, 0.25) is 0 Å². The fraction of sp³-hybridized carbons (Fsp3) is 0.115. The van der Waals surface area contributed by atoms with E-state index < -0.39 is 30.0 Å². The largest absolute Gasteiger partial charge is 0.493 e. The molecule has 0 radical (unpaired) electrons. The number of anilines is 2. The number of carbonyl (C=O) groups is 3. The second kappa shape index (κ2) is 12.8. The Morgan fingerprint density at radius 2 is 1.74 bits per heavy atom. The smallest absolute Gasteiger partial charge is 0.309 e. The summed E-state index contributed by atoms with van der Waals surface area (Å²) in [6.07, 6.45) is 0.680. The minimum atomic E-state index is -1.08. The van der Waals surface area contributed by atoms with Crippen molar-refractivity contribution in [2.45, 2.75) is 22.1 Å². The summed E-state index contributed by atoms with van der Waals surface area (Å²) in [5.74, 6) is -2.30. The second-order valence-electron chi connectivity index (χ2n) is 7.76. The molecule has 2 amide bonds. The summed E-state index contributed by atoms with van der Waals surface area (Å²) in [6.45, 7) is 0. The number of halogens is 1. The van der Waals surface area contributed by atoms with Crippen LogP contribution < -0.4 is 20.1 Å². The predicted octanol–water partition coefficient (Wildman–Crippen LogP) is 5.22. The Hall–Kier alpha value is -4.49. The van der Waals surface area contributed by atoms with Gasteiger partial charge in [0.1, 0.15) is 17.3 Å². The molecule has 0 aliphatic carbocycles. The molecule has 4 rings (SSSR count). The number of amides is 2. The van der Waals surface area contributed by atoms with Crippen molar-refractivity contribution < 1.29 is 33.4 Å². The molecule has 0 unspecified atom stereocenters. The number of carboxylic acids is 1. The first-order valence-electron chi connectivity index (χ1n) is 11.3. The summed E-state index contributed by atoms with van der Waals surface area (Å²) < 4.78 is 25.5. The molecule has 4 aromatic rings. The first-order chi connectivity index (χ1) is 18.8. The van der Waals surface area contributed by atoms with Gasteiger partial charge in [0.05, 0.1) is 29.1 Å². The molecule has 0 aliphatic rings. The lowest BCUT2D eigenvalue weighted by molar-refractivity contribution is -0.136. The fourth-order valence-electron chi connectivity index (χ4n) is 3.24. The summed E-state index contributed by atoms with van der Waals surface area (Å²) >= 11 is 2.30. The number of carboxylic acid groups (broad SMARTS) is 1. The molecule has 39 heavy (non-hydrogen) atoms. The predicted molar refractivity (Wildman–Crippen MR) is 143 cm³/mol. The molecule has 3 N–H and O–H groups in total. The van der Waals surface area contributed by atoms with Gasteiger partial charge in [0.2, 0.25) is 11.8 Å². The molecule has 0 fully saturated rings. The van der Waals surface area contributed by atoms with Gasteiger partial charge in [0.15, 0.2) is 22.4 Å². The van der Waals surface area contributed by atoms with E-state index in [0.717, 1.165) is 23.5 Å². The van der Waals surface area contributed by atoms with Crippen LogP contribution in [-0.2, 0) is 20.8 Å². The summed E-state index contributed by atoms with van der Waals surface area (Å²) in [6, 6.07) is 15.6. The molecular formula is C26H21FN4O6S2. The van der Waals surface area contributed by atoms with Gasteiger partial charge in [-0.3, -0.25) is 14.4 Å². The molecular weight excluding hydrogens is 547 g/mol. The van der Waals surface area contributed by atoms with Crippen molar-refractivity contribution in [3.05, 3.63) is 78.4 Å². The molecule has 10 nitrogen and oxygen atoms in total. The molecule has 2 heterocycles. The Morgan fingerprint density at radius 1 is 1.00 bits per heavy atom. The van der Waals surface area contributed by atoms with Crippen molar-refractivity contribution in [1.82, 2.24) is 9.97 Å². The quantitative estimate of drug-likeness (QED) is 0.208. The second-order valence-corrected chi connectivity index (χ2v) is 10.0. The minimum Gasteiger partial charge on any atom is -0.493 e. The number of para-hydroxylation sites is 2. The van der Waals surface area contributed by atoms with Gasteiger partial charge in [-0.05, 0) is 36.4 Å². The number of hydrogen-bond donors (Lipinski definition) is 3. The highest BCUT2D eigenvalue weighted by molar-refractivity contribution is 8.01. The van der Waals surface area contributed by atoms with Crippen LogP contribution in [0.1, 0.15) is 12.1 Å². The lowest BCUT2D eigenvalue weighted by atomic mass is 10.2. The zero-order valence-corrected chi connectivity index (χ0v) is 22.0. The van der Waals surface area contributed by atoms with E-state index in [1.165, 1.54) is 24.9 Å². The number of pyridine rings is 1. The molecule has 2 aromatic carbocycles. The van der Waals surface area contributed by atoms with E-state index in [-0.39, 0.29) is 28.7 Å². The Morgan fingerprint density at radius 3 is 2.46 bits per heavy atom. The molecule has 0 atom stereocenters. The van der Waals surface area contributed by atoms with Gasteiger partial charge >= 0.3 is 5.97 Å². The summed E-state index contributed by atoms with van der Waals surface area (Å²) in [7, 11) is 1.46. The molecule has 0 saturated heterocycles. The average molecular weight is 569 g/mol. The van der Waals surface area contributed by atoms with E-state index in [0.29, 0.717) is 20.7 Å². The number of carbonyl (C=O) groups excluding carboxylic acids is 2. The summed E-state index contributed by atoms with van der Waals surface area (Å²) in [4.78, 5) is 44.9. The van der Waals surface area contributed by atoms with E-state index >= 15 is 0 Å². The van der Waals surface area contributed by atoms with Crippen LogP contribution in [0, 0.1) is 5.82 Å². The van der Waals surface area contributed by atoms with Crippen molar-refractivity contribution in [1.29, 1.82) is 0 Å². The van der Waals surface area contributed by atoms with Gasteiger partial charge in [0, 0.05) is 12.3 Å². The third-order valence-electron chi connectivity index (χ3n) is 4.89. The molecule has 200 valence electrons. The molecule has 0 spiro atoms. The van der Waals surface area contributed by atoms with Crippen molar-refractivity contribution in [3.8, 4) is 17.2 Å². The standard InChI is InChI=1S/C26H21FN4O6S2/c1-36-18-6-2-3-7-19(18)37-20-12-15(27)9-10-16(20)29-21(32)14-22(33)31-26-30-17(13-24(34)35)25(39-26)38-23-8-4-5-11-28-23/h2-12H,13-14H2,1H3,(H,29,32)(H,34,35)(H,30,31,33). The maximum Gasteiger partial charge on any atom is 0.309 e. The monoisotopic (exact) mass is 568 g/mol. The van der Waals surface area contributed by atoms with Gasteiger partial charge in [0.25, 0.3) is 0 Å². The molecule has 0 bridgehead atoms. The lowest BCUT2D eigenvalue weighted by Gasteiger charge is -2.14. The first-order valence-corrected chi connectivity index (χ1v) is 12.9. The Balaban J connectivity index is 1.43. The van der Waals surface area contributed by atoms with Crippen molar-refractivity contribution in [3.63, 3.8) is 0 Å². The minimum absolute atomic E-state index is 0.0164. The zero-order valence-electron chi connectivity index (χ0n) is 20.3. The van der Waals surface area contributed by atoms with Crippen LogP contribution >= 0.6 is 23.1 Å². The van der Waals surface area contributed by atoms with Crippen molar-refractivity contribution >= 4 is 51.7 Å². The maximum absolute atomic E-state index is 13.9. The Kier molecular flexibility index (Phi) is 9.07. The van der Waals surface area contributed by atoms with E-state index in [2.05, 4.69) is 20.6 Å². The SMILES string of the molecule is COc1ccccc1Oc1cc(F)ccc1NC(=O)CC(=O)Nc1nc(CC(=O)O)c(Sc2ccccn2)s1. The maximum atomic E-state index is 13.9. The van der Waals surface area contributed by atoms with Gasteiger partial charge in [-0.15, -0.1) is 0 Å². The first kappa shape index (κ1) is 27.5. The van der Waals surface area contributed by atoms with Gasteiger partial charge < -0.3 is 25.2 Å². The molecule has 0 aliphatic heterocycles. The number of aromatic nitrogens is 2. The number of benzene rings is 2. The normalized spacial score (nSPS) is 10.5. The van der Waals surface area contributed by atoms with Crippen LogP contribution in [0.25, 0.3) is 0 Å². The number of thiazole rings is 1. The van der Waals surface area contributed by atoms with Crippen LogP contribution in [-0.4, -0.2) is 40.0 Å². The molecule has 2 aromatic heterocycles. The summed E-state index contributed by atoms with van der Waals surface area (Å²) in [5.41, 5.74) is 0.416. The molecule has 13 heteroatoms. The number of ether oxygens (including phenoxy) is 2. The van der Waals surface area contributed by atoms with E-state index in [4.69, 9.17) is 9.47 Å². The average Bonchev–Trinajstić information content (AvgIpc) is 3.25. The van der Waals surface area contributed by atoms with Gasteiger partial charge in [-0.25, -0.2) is 14.4 Å². The van der Waals surface area contributed by atoms with Gasteiger partial charge in [-0.1, -0.05) is 41.3 Å². The van der Waals surface area contributed by atoms with Crippen molar-refractivity contribution in [2.24, 2.45) is 0 Å². The Labute approximate surface area is 230 Å². The number of methoxy groups -OCH3 is 1. The fourth-order valence-corrected chi connectivity index (χ4v) is 5.31. The van der Waals surface area contributed by atoms with Crippen LogP contribution in [0.15, 0.2) is 76.1 Å². The van der Waals surface area contributed by atoms with Gasteiger partial charge in [-0.2, -0.15) is 0 Å². The topological polar surface area (TPSA) is 140 Å². The number of rotatable bonds is 11. The van der Waals surface area contributed by atoms with Crippen LogP contribution in [0.4, 0.5) is 15.2 Å².